The summed E-state index contributed by atoms with van der Waals surface area (Å²) in [6.07, 6.45) is -4.03. The summed E-state index contributed by atoms with van der Waals surface area (Å²) in [7, 11) is 0. The molecule has 0 aromatic carbocycles. The topological polar surface area (TPSA) is 95.3 Å². The zero-order valence-electron chi connectivity index (χ0n) is 15.9. The van der Waals surface area contributed by atoms with E-state index < -0.39 is 35.1 Å². The third-order valence-corrected chi connectivity index (χ3v) is 3.52. The van der Waals surface area contributed by atoms with E-state index in [2.05, 4.69) is 20.1 Å². The molecule has 0 radical (unpaired) electrons. The van der Waals surface area contributed by atoms with Crippen LogP contribution in [-0.4, -0.2) is 39.0 Å². The van der Waals surface area contributed by atoms with Gasteiger partial charge in [-0.25, -0.2) is 19.3 Å². The number of rotatable bonds is 4. The van der Waals surface area contributed by atoms with Crippen LogP contribution in [0.4, 0.5) is 23.8 Å². The highest BCUT2D eigenvalue weighted by atomic mass is 35.5. The van der Waals surface area contributed by atoms with Gasteiger partial charge in [0.2, 0.25) is 0 Å². The van der Waals surface area contributed by atoms with Crippen molar-refractivity contribution in [2.24, 2.45) is 0 Å². The number of nitrogens with one attached hydrogen (secondary N) is 1. The zero-order valence-corrected chi connectivity index (χ0v) is 16.7. The highest BCUT2D eigenvalue weighted by molar-refractivity contribution is 6.32. The van der Waals surface area contributed by atoms with Crippen LogP contribution in [0.3, 0.4) is 0 Å². The molecule has 2 heterocycles. The molecule has 0 atom stereocenters. The van der Waals surface area contributed by atoms with E-state index in [1.165, 1.54) is 6.92 Å². The normalized spacial score (nSPS) is 11.9. The van der Waals surface area contributed by atoms with Gasteiger partial charge in [-0.1, -0.05) is 11.6 Å². The van der Waals surface area contributed by atoms with Crippen LogP contribution < -0.4 is 5.32 Å². The van der Waals surface area contributed by atoms with Gasteiger partial charge in [0, 0.05) is 6.07 Å². The number of amides is 1. The van der Waals surface area contributed by atoms with Crippen molar-refractivity contribution in [1.82, 2.24) is 14.8 Å². The summed E-state index contributed by atoms with van der Waals surface area (Å²) in [5.74, 6) is -1.30. The van der Waals surface area contributed by atoms with Crippen LogP contribution in [0, 0.1) is 0 Å². The second-order valence-electron chi connectivity index (χ2n) is 6.68. The molecule has 0 spiro atoms. The fourth-order valence-electron chi connectivity index (χ4n) is 2.23. The molecule has 0 fully saturated rings. The van der Waals surface area contributed by atoms with Crippen LogP contribution in [0.15, 0.2) is 18.5 Å². The Morgan fingerprint density at radius 2 is 1.90 bits per heavy atom. The maximum Gasteiger partial charge on any atom is 0.434 e. The third-order valence-electron chi connectivity index (χ3n) is 3.23. The van der Waals surface area contributed by atoms with Crippen molar-refractivity contribution in [3.05, 3.63) is 34.7 Å². The molecule has 8 nitrogen and oxygen atoms in total. The Morgan fingerprint density at radius 3 is 2.45 bits per heavy atom. The summed E-state index contributed by atoms with van der Waals surface area (Å²) in [6, 6.07) is 1.07. The molecule has 0 aliphatic rings. The van der Waals surface area contributed by atoms with Gasteiger partial charge in [0.25, 0.3) is 0 Å². The molecule has 0 aliphatic carbocycles. The first kappa shape index (κ1) is 22.5. The Kier molecular flexibility index (Phi) is 6.41. The zero-order chi connectivity index (χ0) is 22.0. The fourth-order valence-corrected chi connectivity index (χ4v) is 2.41. The first-order valence-electron chi connectivity index (χ1n) is 8.31. The lowest BCUT2D eigenvalue weighted by atomic mass is 10.2. The number of anilines is 1. The first-order valence-corrected chi connectivity index (χ1v) is 8.69. The number of carbonyl (C=O) groups is 2. The Bertz CT molecular complexity index is 922. The minimum atomic E-state index is -4.94. The molecule has 158 valence electrons. The predicted molar refractivity (Wildman–Crippen MR) is 97.2 cm³/mol. The van der Waals surface area contributed by atoms with Gasteiger partial charge in [-0.3, -0.25) is 5.32 Å². The van der Waals surface area contributed by atoms with E-state index in [9.17, 15) is 22.8 Å². The van der Waals surface area contributed by atoms with E-state index in [-0.39, 0.29) is 23.1 Å². The fraction of sp³-hybridized carbons (Fsp3) is 0.412. The lowest BCUT2D eigenvalue weighted by Gasteiger charge is -2.19. The summed E-state index contributed by atoms with van der Waals surface area (Å²) in [5.41, 5.74) is -3.18. The minimum absolute atomic E-state index is 0.110. The molecule has 12 heteroatoms. The van der Waals surface area contributed by atoms with Crippen molar-refractivity contribution in [2.45, 2.75) is 39.5 Å². The molecule has 29 heavy (non-hydrogen) atoms. The lowest BCUT2D eigenvalue weighted by Crippen LogP contribution is -2.27. The Labute approximate surface area is 168 Å². The molecule has 0 bridgehead atoms. The van der Waals surface area contributed by atoms with Crippen LogP contribution in [-0.2, 0) is 15.7 Å². The van der Waals surface area contributed by atoms with E-state index in [0.29, 0.717) is 4.68 Å². The monoisotopic (exact) mass is 434 g/mol. The van der Waals surface area contributed by atoms with Gasteiger partial charge in [0.15, 0.2) is 5.69 Å². The Balaban J connectivity index is 2.49. The van der Waals surface area contributed by atoms with E-state index in [1.807, 2.05) is 0 Å². The van der Waals surface area contributed by atoms with Crippen LogP contribution in [0.25, 0.3) is 5.69 Å². The third kappa shape index (κ3) is 5.59. The number of aromatic nitrogens is 3. The standard InChI is InChI=1S/C17H18ClF3N4O4/c1-5-28-14(26)9-7-23-25(13(9)17(19,20)21)11-6-12(22-8-10(11)18)24-15(27)29-16(2,3)4/h6-8H,5H2,1-4H3,(H,22,24,27). The van der Waals surface area contributed by atoms with Gasteiger partial charge in [-0.2, -0.15) is 18.3 Å². The SMILES string of the molecule is CCOC(=O)c1cnn(-c2cc(NC(=O)OC(C)(C)C)ncc2Cl)c1C(F)(F)F. The van der Waals surface area contributed by atoms with Gasteiger partial charge < -0.3 is 9.47 Å². The lowest BCUT2D eigenvalue weighted by molar-refractivity contribution is -0.143. The van der Waals surface area contributed by atoms with Crippen molar-refractivity contribution >= 4 is 29.5 Å². The number of halogens is 4. The number of alkyl halides is 3. The second-order valence-corrected chi connectivity index (χ2v) is 7.09. The molecule has 2 aromatic rings. The number of hydrogen-bond acceptors (Lipinski definition) is 6. The van der Waals surface area contributed by atoms with Gasteiger partial charge in [-0.15, -0.1) is 0 Å². The second kappa shape index (κ2) is 8.27. The molecular weight excluding hydrogens is 417 g/mol. The van der Waals surface area contributed by atoms with Crippen molar-refractivity contribution in [1.29, 1.82) is 0 Å². The summed E-state index contributed by atoms with van der Waals surface area (Å²) in [6.45, 7) is 6.28. The van der Waals surface area contributed by atoms with Crippen molar-refractivity contribution in [3.63, 3.8) is 0 Å². The molecule has 0 saturated heterocycles. The van der Waals surface area contributed by atoms with Crippen LogP contribution in [0.2, 0.25) is 5.02 Å². The van der Waals surface area contributed by atoms with Crippen molar-refractivity contribution in [3.8, 4) is 5.69 Å². The molecule has 1 amide bonds. The molecule has 2 aromatic heterocycles. The smallest absolute Gasteiger partial charge is 0.434 e. The van der Waals surface area contributed by atoms with Gasteiger partial charge in [-0.05, 0) is 27.7 Å². The largest absolute Gasteiger partial charge is 0.462 e. The summed E-state index contributed by atoms with van der Waals surface area (Å²) in [4.78, 5) is 27.6. The highest BCUT2D eigenvalue weighted by Crippen LogP contribution is 2.35. The van der Waals surface area contributed by atoms with E-state index >= 15 is 0 Å². The number of nitrogens with zero attached hydrogens (tertiary/aromatic N) is 3. The van der Waals surface area contributed by atoms with Crippen molar-refractivity contribution < 1.29 is 32.2 Å². The average Bonchev–Trinajstić information content (AvgIpc) is 3.00. The molecule has 0 unspecified atom stereocenters. The summed E-state index contributed by atoms with van der Waals surface area (Å²) in [5, 5.41) is 5.74. The summed E-state index contributed by atoms with van der Waals surface area (Å²) < 4.78 is 51.1. The number of carbonyl (C=O) groups excluding carboxylic acids is 2. The number of hydrogen-bond donors (Lipinski definition) is 1. The van der Waals surface area contributed by atoms with Crippen LogP contribution >= 0.6 is 11.6 Å². The van der Waals surface area contributed by atoms with E-state index in [1.54, 1.807) is 20.8 Å². The molecule has 1 N–H and O–H groups in total. The van der Waals surface area contributed by atoms with E-state index in [4.69, 9.17) is 16.3 Å². The van der Waals surface area contributed by atoms with Gasteiger partial charge in [0.1, 0.15) is 17.0 Å². The molecule has 2 rings (SSSR count). The average molecular weight is 435 g/mol. The Morgan fingerprint density at radius 1 is 1.24 bits per heavy atom. The number of ether oxygens (including phenoxy) is 2. The minimum Gasteiger partial charge on any atom is -0.462 e. The molecular formula is C17H18ClF3N4O4. The van der Waals surface area contributed by atoms with Crippen LogP contribution in [0.5, 0.6) is 0 Å². The maximum atomic E-state index is 13.6. The van der Waals surface area contributed by atoms with Gasteiger partial charge >= 0.3 is 18.2 Å². The number of esters is 1. The first-order chi connectivity index (χ1) is 13.3. The van der Waals surface area contributed by atoms with Crippen LogP contribution in [0.1, 0.15) is 43.7 Å². The predicted octanol–water partition coefficient (Wildman–Crippen LogP) is 4.46. The molecule has 0 aliphatic heterocycles. The highest BCUT2D eigenvalue weighted by Gasteiger charge is 2.41. The van der Waals surface area contributed by atoms with E-state index in [0.717, 1.165) is 18.5 Å². The Hall–Kier alpha value is -2.82. The maximum absolute atomic E-state index is 13.6. The van der Waals surface area contributed by atoms with Crippen molar-refractivity contribution in [2.75, 3.05) is 11.9 Å². The number of pyridine rings is 1. The quantitative estimate of drug-likeness (QED) is 0.714. The van der Waals surface area contributed by atoms with Gasteiger partial charge in [0.05, 0.1) is 29.7 Å². The summed E-state index contributed by atoms with van der Waals surface area (Å²) >= 11 is 6.00. The molecule has 0 saturated carbocycles.